The summed E-state index contributed by atoms with van der Waals surface area (Å²) in [6, 6.07) is 6.19. The second kappa shape index (κ2) is 5.90. The molecule has 2 rings (SSSR count). The minimum absolute atomic E-state index is 0.340. The Hall–Kier alpha value is -2.10. The molecule has 0 saturated carbocycles. The average Bonchev–Trinajstić information content (AvgIpc) is 2.36. The molecule has 0 unspecified atom stereocenters. The highest BCUT2D eigenvalue weighted by atomic mass is 16.5. The average molecular weight is 271 g/mol. The summed E-state index contributed by atoms with van der Waals surface area (Å²) in [6.45, 7) is 8.72. The van der Waals surface area contributed by atoms with E-state index < -0.39 is 0 Å². The SMILES string of the molecule is CCOc1ccc(Cc2c(C)nc(N)nc2C)c(C)c1. The van der Waals surface area contributed by atoms with E-state index in [0.29, 0.717) is 12.6 Å². The first-order chi connectivity index (χ1) is 9.51. The van der Waals surface area contributed by atoms with E-state index in [4.69, 9.17) is 10.5 Å². The fourth-order valence-electron chi connectivity index (χ4n) is 2.33. The lowest BCUT2D eigenvalue weighted by molar-refractivity contribution is 0.340. The number of ether oxygens (including phenoxy) is 1. The largest absolute Gasteiger partial charge is 0.494 e. The fourth-order valence-corrected chi connectivity index (χ4v) is 2.33. The van der Waals surface area contributed by atoms with Crippen LogP contribution in [0.25, 0.3) is 0 Å². The van der Waals surface area contributed by atoms with Crippen molar-refractivity contribution in [3.8, 4) is 5.75 Å². The maximum absolute atomic E-state index is 5.67. The van der Waals surface area contributed by atoms with E-state index in [1.54, 1.807) is 0 Å². The number of aromatic nitrogens is 2. The van der Waals surface area contributed by atoms with Gasteiger partial charge in [0.05, 0.1) is 6.61 Å². The maximum Gasteiger partial charge on any atom is 0.220 e. The van der Waals surface area contributed by atoms with Gasteiger partial charge >= 0.3 is 0 Å². The number of rotatable bonds is 4. The van der Waals surface area contributed by atoms with Crippen LogP contribution in [0.3, 0.4) is 0 Å². The molecule has 0 atom stereocenters. The van der Waals surface area contributed by atoms with Gasteiger partial charge in [-0.05, 0) is 56.5 Å². The molecule has 0 aliphatic heterocycles. The van der Waals surface area contributed by atoms with Gasteiger partial charge in [0.25, 0.3) is 0 Å². The zero-order valence-electron chi connectivity index (χ0n) is 12.5. The number of nitrogens with zero attached hydrogens (tertiary/aromatic N) is 2. The molecule has 0 saturated heterocycles. The molecule has 0 spiro atoms. The molecule has 0 aliphatic rings. The highest BCUT2D eigenvalue weighted by Crippen LogP contribution is 2.22. The van der Waals surface area contributed by atoms with Crippen molar-refractivity contribution in [1.29, 1.82) is 0 Å². The van der Waals surface area contributed by atoms with Crippen LogP contribution in [0.1, 0.15) is 35.0 Å². The summed E-state index contributed by atoms with van der Waals surface area (Å²) < 4.78 is 5.51. The Morgan fingerprint density at radius 2 is 1.75 bits per heavy atom. The number of anilines is 1. The third-order valence-corrected chi connectivity index (χ3v) is 3.43. The van der Waals surface area contributed by atoms with Crippen LogP contribution in [-0.2, 0) is 6.42 Å². The number of nitrogens with two attached hydrogens (primary N) is 1. The molecule has 2 N–H and O–H groups in total. The lowest BCUT2D eigenvalue weighted by Gasteiger charge is -2.12. The minimum atomic E-state index is 0.340. The van der Waals surface area contributed by atoms with E-state index in [-0.39, 0.29) is 0 Å². The molecule has 0 fully saturated rings. The zero-order chi connectivity index (χ0) is 14.7. The molecule has 106 valence electrons. The van der Waals surface area contributed by atoms with Crippen molar-refractivity contribution in [2.75, 3.05) is 12.3 Å². The predicted molar refractivity (Wildman–Crippen MR) is 81.1 cm³/mol. The van der Waals surface area contributed by atoms with Gasteiger partial charge in [-0.1, -0.05) is 6.07 Å². The van der Waals surface area contributed by atoms with Gasteiger partial charge in [0.15, 0.2) is 0 Å². The monoisotopic (exact) mass is 271 g/mol. The standard InChI is InChI=1S/C16H21N3O/c1-5-20-14-7-6-13(10(2)8-14)9-15-11(3)18-16(17)19-12(15)4/h6-8H,5,9H2,1-4H3,(H2,17,18,19). The lowest BCUT2D eigenvalue weighted by Crippen LogP contribution is -2.06. The molecule has 0 amide bonds. The van der Waals surface area contributed by atoms with Gasteiger partial charge in [0.1, 0.15) is 5.75 Å². The number of benzene rings is 1. The summed E-state index contributed by atoms with van der Waals surface area (Å²) in [5, 5.41) is 0. The first kappa shape index (κ1) is 14.3. The Morgan fingerprint density at radius 3 is 2.30 bits per heavy atom. The summed E-state index contributed by atoms with van der Waals surface area (Å²) >= 11 is 0. The van der Waals surface area contributed by atoms with Crippen molar-refractivity contribution >= 4 is 5.95 Å². The summed E-state index contributed by atoms with van der Waals surface area (Å²) in [4.78, 5) is 8.50. The van der Waals surface area contributed by atoms with E-state index in [9.17, 15) is 0 Å². The van der Waals surface area contributed by atoms with Crippen LogP contribution in [0, 0.1) is 20.8 Å². The van der Waals surface area contributed by atoms with E-state index >= 15 is 0 Å². The first-order valence-electron chi connectivity index (χ1n) is 6.83. The zero-order valence-corrected chi connectivity index (χ0v) is 12.5. The van der Waals surface area contributed by atoms with Crippen molar-refractivity contribution in [2.45, 2.75) is 34.1 Å². The van der Waals surface area contributed by atoms with Gasteiger partial charge < -0.3 is 10.5 Å². The van der Waals surface area contributed by atoms with Crippen LogP contribution in [0.4, 0.5) is 5.95 Å². The quantitative estimate of drug-likeness (QED) is 0.928. The van der Waals surface area contributed by atoms with E-state index in [1.807, 2.05) is 26.8 Å². The highest BCUT2D eigenvalue weighted by Gasteiger charge is 2.10. The molecule has 0 bridgehead atoms. The van der Waals surface area contributed by atoms with Gasteiger partial charge in [-0.2, -0.15) is 0 Å². The Balaban J connectivity index is 2.31. The topological polar surface area (TPSA) is 61.0 Å². The molecule has 1 heterocycles. The third-order valence-electron chi connectivity index (χ3n) is 3.43. The second-order valence-electron chi connectivity index (χ2n) is 4.93. The summed E-state index contributed by atoms with van der Waals surface area (Å²) in [6.07, 6.45) is 0.816. The van der Waals surface area contributed by atoms with E-state index in [2.05, 4.69) is 29.0 Å². The normalized spacial score (nSPS) is 10.6. The smallest absolute Gasteiger partial charge is 0.220 e. The molecule has 0 aliphatic carbocycles. The highest BCUT2D eigenvalue weighted by molar-refractivity contribution is 5.40. The van der Waals surface area contributed by atoms with Gasteiger partial charge in [0, 0.05) is 17.8 Å². The molecule has 1 aromatic heterocycles. The second-order valence-corrected chi connectivity index (χ2v) is 4.93. The Labute approximate surface area is 120 Å². The Bertz CT molecular complexity index is 600. The van der Waals surface area contributed by atoms with Gasteiger partial charge in [-0.15, -0.1) is 0 Å². The van der Waals surface area contributed by atoms with Gasteiger partial charge in [-0.25, -0.2) is 9.97 Å². The molecular weight excluding hydrogens is 250 g/mol. The molecule has 4 nitrogen and oxygen atoms in total. The van der Waals surface area contributed by atoms with Crippen molar-refractivity contribution in [2.24, 2.45) is 0 Å². The van der Waals surface area contributed by atoms with E-state index in [1.165, 1.54) is 11.1 Å². The van der Waals surface area contributed by atoms with E-state index in [0.717, 1.165) is 29.1 Å². The molecule has 20 heavy (non-hydrogen) atoms. The maximum atomic E-state index is 5.67. The molecule has 0 radical (unpaired) electrons. The minimum Gasteiger partial charge on any atom is -0.494 e. The summed E-state index contributed by atoms with van der Waals surface area (Å²) in [5.74, 6) is 1.25. The van der Waals surface area contributed by atoms with Crippen LogP contribution < -0.4 is 10.5 Å². The van der Waals surface area contributed by atoms with Crippen LogP contribution in [0.5, 0.6) is 5.75 Å². The Morgan fingerprint density at radius 1 is 1.10 bits per heavy atom. The van der Waals surface area contributed by atoms with Crippen LogP contribution in [-0.4, -0.2) is 16.6 Å². The van der Waals surface area contributed by atoms with Crippen LogP contribution >= 0.6 is 0 Å². The Kier molecular flexibility index (Phi) is 4.23. The lowest BCUT2D eigenvalue weighted by atomic mass is 9.98. The van der Waals surface area contributed by atoms with Gasteiger partial charge in [-0.3, -0.25) is 0 Å². The number of hydrogen-bond donors (Lipinski definition) is 1. The van der Waals surface area contributed by atoms with Crippen LogP contribution in [0.15, 0.2) is 18.2 Å². The third kappa shape index (κ3) is 3.07. The number of aryl methyl sites for hydroxylation is 3. The summed E-state index contributed by atoms with van der Waals surface area (Å²) in [5.41, 5.74) is 11.2. The van der Waals surface area contributed by atoms with Crippen LogP contribution in [0.2, 0.25) is 0 Å². The van der Waals surface area contributed by atoms with Crippen molar-refractivity contribution in [3.63, 3.8) is 0 Å². The molecule has 1 aromatic carbocycles. The molecule has 4 heteroatoms. The van der Waals surface area contributed by atoms with Crippen molar-refractivity contribution in [1.82, 2.24) is 9.97 Å². The molecular formula is C16H21N3O. The predicted octanol–water partition coefficient (Wildman–Crippen LogP) is 2.97. The number of nitrogen functional groups attached to an aromatic ring is 1. The molecule has 2 aromatic rings. The van der Waals surface area contributed by atoms with Crippen molar-refractivity contribution < 1.29 is 4.74 Å². The fraction of sp³-hybridized carbons (Fsp3) is 0.375. The van der Waals surface area contributed by atoms with Crippen molar-refractivity contribution in [3.05, 3.63) is 46.3 Å². The summed E-state index contributed by atoms with van der Waals surface area (Å²) in [7, 11) is 0. The van der Waals surface area contributed by atoms with Gasteiger partial charge in [0.2, 0.25) is 5.95 Å². The first-order valence-corrected chi connectivity index (χ1v) is 6.83. The number of hydrogen-bond acceptors (Lipinski definition) is 4.